The van der Waals surface area contributed by atoms with Crippen LogP contribution in [0.25, 0.3) is 0 Å². The molecular weight excluding hydrogens is 182 g/mol. The number of rotatable bonds is 1. The highest BCUT2D eigenvalue weighted by atomic mass is 32.1. The quantitative estimate of drug-likeness (QED) is 0.687. The minimum Gasteiger partial charge on any atom is -0.377 e. The Morgan fingerprint density at radius 1 is 1.69 bits per heavy atom. The van der Waals surface area contributed by atoms with Gasteiger partial charge in [0.25, 0.3) is 0 Å². The number of hydrogen-bond acceptors (Lipinski definition) is 3. The molecule has 3 heteroatoms. The number of aryl methyl sites for hydroxylation is 1. The molecule has 0 saturated heterocycles. The minimum atomic E-state index is 0.224. The zero-order valence-electron chi connectivity index (χ0n) is 7.54. The molecule has 0 saturated carbocycles. The van der Waals surface area contributed by atoms with Gasteiger partial charge in [0.15, 0.2) is 0 Å². The number of hydrogen-bond donors (Lipinski definition) is 0. The van der Waals surface area contributed by atoms with Gasteiger partial charge in [-0.3, -0.25) is 0 Å². The first-order valence-corrected chi connectivity index (χ1v) is 5.22. The molecule has 0 aromatic carbocycles. The number of fused-ring (bicyclic) bond motifs is 1. The van der Waals surface area contributed by atoms with Crippen LogP contribution in [0, 0.1) is 11.3 Å². The van der Waals surface area contributed by atoms with E-state index in [0.29, 0.717) is 0 Å². The second-order valence-electron chi connectivity index (χ2n) is 3.22. The van der Waals surface area contributed by atoms with Gasteiger partial charge in [-0.05, 0) is 30.9 Å². The largest absolute Gasteiger partial charge is 0.377 e. The number of nitriles is 1. The van der Waals surface area contributed by atoms with Crippen molar-refractivity contribution < 1.29 is 4.74 Å². The van der Waals surface area contributed by atoms with Crippen molar-refractivity contribution in [2.75, 3.05) is 7.11 Å². The van der Waals surface area contributed by atoms with Gasteiger partial charge in [0.1, 0.15) is 10.9 Å². The lowest BCUT2D eigenvalue weighted by molar-refractivity contribution is 0.0889. The maximum Gasteiger partial charge on any atom is 0.110 e. The summed E-state index contributed by atoms with van der Waals surface area (Å²) in [6, 6.07) is 4.17. The Kier molecular flexibility index (Phi) is 2.34. The molecule has 2 nitrogen and oxygen atoms in total. The van der Waals surface area contributed by atoms with Crippen LogP contribution in [0.15, 0.2) is 6.07 Å². The Bertz CT molecular complexity index is 350. The first kappa shape index (κ1) is 8.74. The van der Waals surface area contributed by atoms with Gasteiger partial charge < -0.3 is 4.74 Å². The summed E-state index contributed by atoms with van der Waals surface area (Å²) in [6.07, 6.45) is 3.60. The van der Waals surface area contributed by atoms with E-state index in [-0.39, 0.29) is 6.10 Å². The second-order valence-corrected chi connectivity index (χ2v) is 4.35. The summed E-state index contributed by atoms with van der Waals surface area (Å²) in [5, 5.41) is 8.77. The highest BCUT2D eigenvalue weighted by Gasteiger charge is 2.22. The fourth-order valence-electron chi connectivity index (χ4n) is 1.81. The minimum absolute atomic E-state index is 0.224. The molecule has 0 N–H and O–H groups in total. The molecule has 68 valence electrons. The summed E-state index contributed by atoms with van der Waals surface area (Å²) in [5.41, 5.74) is 1.25. The fraction of sp³-hybridized carbons (Fsp3) is 0.500. The van der Waals surface area contributed by atoms with E-state index in [1.807, 2.05) is 6.07 Å². The topological polar surface area (TPSA) is 33.0 Å². The van der Waals surface area contributed by atoms with Crippen molar-refractivity contribution in [3.63, 3.8) is 0 Å². The van der Waals surface area contributed by atoms with Crippen molar-refractivity contribution in [1.82, 2.24) is 0 Å². The predicted molar refractivity (Wildman–Crippen MR) is 51.7 cm³/mol. The van der Waals surface area contributed by atoms with Gasteiger partial charge in [0.05, 0.1) is 6.10 Å². The molecule has 1 unspecified atom stereocenters. The van der Waals surface area contributed by atoms with Crippen LogP contribution in [-0.4, -0.2) is 7.11 Å². The lowest BCUT2D eigenvalue weighted by Gasteiger charge is -2.20. The first-order chi connectivity index (χ1) is 6.35. The van der Waals surface area contributed by atoms with Gasteiger partial charge in [0, 0.05) is 12.0 Å². The molecule has 1 aliphatic carbocycles. The summed E-state index contributed by atoms with van der Waals surface area (Å²) in [4.78, 5) is 2.16. The third-order valence-electron chi connectivity index (χ3n) is 2.45. The third-order valence-corrected chi connectivity index (χ3v) is 3.57. The Hall–Kier alpha value is -0.850. The maximum absolute atomic E-state index is 8.77. The van der Waals surface area contributed by atoms with Gasteiger partial charge in [0.2, 0.25) is 0 Å². The van der Waals surface area contributed by atoms with Gasteiger partial charge in [-0.25, -0.2) is 0 Å². The Morgan fingerprint density at radius 2 is 2.54 bits per heavy atom. The highest BCUT2D eigenvalue weighted by molar-refractivity contribution is 7.12. The van der Waals surface area contributed by atoms with Crippen LogP contribution in [0.1, 0.15) is 34.3 Å². The monoisotopic (exact) mass is 193 g/mol. The molecule has 1 atom stereocenters. The Balaban J connectivity index is 2.39. The molecule has 1 aromatic heterocycles. The Labute approximate surface area is 81.8 Å². The predicted octanol–water partition coefficient (Wildman–Crippen LogP) is 2.64. The number of nitrogens with zero attached hydrogens (tertiary/aromatic N) is 1. The van der Waals surface area contributed by atoms with Crippen LogP contribution >= 0.6 is 11.3 Å². The average molecular weight is 193 g/mol. The molecule has 0 radical (unpaired) electrons. The number of thiophene rings is 1. The van der Waals surface area contributed by atoms with Crippen molar-refractivity contribution >= 4 is 11.3 Å². The van der Waals surface area contributed by atoms with Crippen molar-refractivity contribution in [2.45, 2.75) is 25.4 Å². The Morgan fingerprint density at radius 3 is 3.23 bits per heavy atom. The normalized spacial score (nSPS) is 20.8. The first-order valence-electron chi connectivity index (χ1n) is 4.40. The van der Waals surface area contributed by atoms with Crippen LogP contribution in [0.4, 0.5) is 0 Å². The fourth-order valence-corrected chi connectivity index (χ4v) is 2.87. The van der Waals surface area contributed by atoms with E-state index in [2.05, 4.69) is 6.07 Å². The van der Waals surface area contributed by atoms with E-state index < -0.39 is 0 Å². The summed E-state index contributed by atoms with van der Waals surface area (Å²) in [7, 11) is 1.74. The lowest BCUT2D eigenvalue weighted by Crippen LogP contribution is -2.08. The molecule has 0 spiro atoms. The number of methoxy groups -OCH3 is 1. The van der Waals surface area contributed by atoms with Crippen LogP contribution in [0.3, 0.4) is 0 Å². The van der Waals surface area contributed by atoms with Crippen molar-refractivity contribution in [3.05, 3.63) is 21.4 Å². The SMILES string of the molecule is COC1CCCc2sc(C#N)cc21. The van der Waals surface area contributed by atoms with Gasteiger partial charge in [-0.15, -0.1) is 11.3 Å². The average Bonchev–Trinajstić information content (AvgIpc) is 2.59. The second kappa shape index (κ2) is 3.49. The molecule has 13 heavy (non-hydrogen) atoms. The molecular formula is C10H11NOS. The molecule has 1 aromatic rings. The molecule has 2 rings (SSSR count). The molecule has 0 bridgehead atoms. The van der Waals surface area contributed by atoms with Gasteiger partial charge >= 0.3 is 0 Å². The van der Waals surface area contributed by atoms with Crippen LogP contribution in [-0.2, 0) is 11.2 Å². The van der Waals surface area contributed by atoms with E-state index in [1.54, 1.807) is 18.4 Å². The van der Waals surface area contributed by atoms with E-state index >= 15 is 0 Å². The summed E-state index contributed by atoms with van der Waals surface area (Å²) in [5.74, 6) is 0. The highest BCUT2D eigenvalue weighted by Crippen LogP contribution is 2.36. The number of ether oxygens (including phenoxy) is 1. The molecule has 1 heterocycles. The molecule has 0 amide bonds. The van der Waals surface area contributed by atoms with Crippen molar-refractivity contribution in [2.24, 2.45) is 0 Å². The smallest absolute Gasteiger partial charge is 0.110 e. The zero-order valence-corrected chi connectivity index (χ0v) is 8.36. The van der Waals surface area contributed by atoms with E-state index in [9.17, 15) is 0 Å². The summed E-state index contributed by atoms with van der Waals surface area (Å²) in [6.45, 7) is 0. The van der Waals surface area contributed by atoms with Crippen molar-refractivity contribution in [3.8, 4) is 6.07 Å². The van der Waals surface area contributed by atoms with Crippen molar-refractivity contribution in [1.29, 1.82) is 5.26 Å². The van der Waals surface area contributed by atoms with Crippen LogP contribution in [0.5, 0.6) is 0 Å². The standard InChI is InChI=1S/C10H11NOS/c1-12-9-3-2-4-10-8(9)5-7(6-11)13-10/h5,9H,2-4H2,1H3. The third kappa shape index (κ3) is 1.48. The zero-order chi connectivity index (χ0) is 9.26. The van der Waals surface area contributed by atoms with Crippen LogP contribution in [0.2, 0.25) is 0 Å². The summed E-state index contributed by atoms with van der Waals surface area (Å²) >= 11 is 1.61. The lowest BCUT2D eigenvalue weighted by atomic mass is 9.96. The molecule has 1 aliphatic rings. The van der Waals surface area contributed by atoms with Crippen LogP contribution < -0.4 is 0 Å². The summed E-state index contributed by atoms with van der Waals surface area (Å²) < 4.78 is 5.37. The van der Waals surface area contributed by atoms with E-state index in [0.717, 1.165) is 17.7 Å². The van der Waals surface area contributed by atoms with E-state index in [1.165, 1.54) is 16.9 Å². The maximum atomic E-state index is 8.77. The molecule has 0 aliphatic heterocycles. The van der Waals surface area contributed by atoms with Gasteiger partial charge in [-0.2, -0.15) is 5.26 Å². The molecule has 0 fully saturated rings. The van der Waals surface area contributed by atoms with Gasteiger partial charge in [-0.1, -0.05) is 0 Å². The van der Waals surface area contributed by atoms with E-state index in [4.69, 9.17) is 10.00 Å².